The summed E-state index contributed by atoms with van der Waals surface area (Å²) in [5, 5.41) is 8.68. The summed E-state index contributed by atoms with van der Waals surface area (Å²) >= 11 is 4.91. The number of hydrogen-bond acceptors (Lipinski definition) is 4. The highest BCUT2D eigenvalue weighted by Gasteiger charge is 2.07. The van der Waals surface area contributed by atoms with Gasteiger partial charge in [0.05, 0.1) is 5.56 Å². The molecule has 6 heteroatoms. The van der Waals surface area contributed by atoms with Crippen LogP contribution in [0, 0.1) is 11.3 Å². The summed E-state index contributed by atoms with van der Waals surface area (Å²) in [6.07, 6.45) is 6.81. The Hall–Kier alpha value is -1.97. The van der Waals surface area contributed by atoms with E-state index in [0.29, 0.717) is 22.4 Å². The van der Waals surface area contributed by atoms with Crippen LogP contribution in [0.3, 0.4) is 0 Å². The first-order chi connectivity index (χ1) is 10.9. The summed E-state index contributed by atoms with van der Waals surface area (Å²) in [5.41, 5.74) is 9.35. The number of pyridine rings is 2. The van der Waals surface area contributed by atoms with Crippen LogP contribution in [-0.2, 0) is 0 Å². The van der Waals surface area contributed by atoms with Crippen LogP contribution in [0.15, 0.2) is 36.9 Å². The maximum Gasteiger partial charge on any atom is 0.105 e. The van der Waals surface area contributed by atoms with Crippen LogP contribution in [0.4, 0.5) is 0 Å². The van der Waals surface area contributed by atoms with Gasteiger partial charge < -0.3 is 5.73 Å². The molecule has 4 nitrogen and oxygen atoms in total. The van der Waals surface area contributed by atoms with Crippen molar-refractivity contribution in [3.05, 3.63) is 59.2 Å². The van der Waals surface area contributed by atoms with Gasteiger partial charge in [0, 0.05) is 30.4 Å². The van der Waals surface area contributed by atoms with Gasteiger partial charge in [0.1, 0.15) is 11.1 Å². The second-order valence-electron chi connectivity index (χ2n) is 5.71. The zero-order valence-electron chi connectivity index (χ0n) is 14.4. The molecule has 2 N–H and O–H groups in total. The molecule has 0 saturated carbocycles. The standard InChI is InChI=1S/C9H12N2S.C9H10N2.H2S/c1-6(2)7-3-4-11-5-8(7)9(10)12;1-7(2)9-3-4-11-6-8(9)5-10;/h3-6H,1-2H3,(H2,10,12);3-4,6-7H,1-2H3;1H2. The Morgan fingerprint density at radius 1 is 1.04 bits per heavy atom. The average Bonchev–Trinajstić information content (AvgIpc) is 2.55. The molecule has 2 aromatic heterocycles. The molecule has 128 valence electrons. The molecule has 0 aromatic carbocycles. The van der Waals surface area contributed by atoms with E-state index in [1.165, 1.54) is 0 Å². The summed E-state index contributed by atoms with van der Waals surface area (Å²) in [6.45, 7) is 8.35. The van der Waals surface area contributed by atoms with Crippen LogP contribution in [0.25, 0.3) is 0 Å². The van der Waals surface area contributed by atoms with Gasteiger partial charge >= 0.3 is 0 Å². The number of thiocarbonyl (C=S) groups is 1. The molecular formula is C18H24N4S2. The van der Waals surface area contributed by atoms with E-state index in [9.17, 15) is 0 Å². The van der Waals surface area contributed by atoms with Crippen LogP contribution in [0.2, 0.25) is 0 Å². The van der Waals surface area contributed by atoms with Gasteiger partial charge in [0.15, 0.2) is 0 Å². The van der Waals surface area contributed by atoms with Crippen molar-refractivity contribution in [3.63, 3.8) is 0 Å². The maximum absolute atomic E-state index is 8.68. The van der Waals surface area contributed by atoms with Crippen LogP contribution in [0.1, 0.15) is 61.8 Å². The van der Waals surface area contributed by atoms with E-state index in [-0.39, 0.29) is 13.5 Å². The number of nitrogens with zero attached hydrogens (tertiary/aromatic N) is 3. The van der Waals surface area contributed by atoms with Gasteiger partial charge in [-0.2, -0.15) is 18.8 Å². The first-order valence-corrected chi connectivity index (χ1v) is 7.87. The highest BCUT2D eigenvalue weighted by molar-refractivity contribution is 7.80. The van der Waals surface area contributed by atoms with Crippen LogP contribution < -0.4 is 5.73 Å². The number of nitrogens with two attached hydrogens (primary N) is 1. The largest absolute Gasteiger partial charge is 0.389 e. The molecule has 0 aliphatic rings. The summed E-state index contributed by atoms with van der Waals surface area (Å²) < 4.78 is 0. The molecule has 0 spiro atoms. The Labute approximate surface area is 156 Å². The highest BCUT2D eigenvalue weighted by atomic mass is 32.1. The van der Waals surface area contributed by atoms with Crippen molar-refractivity contribution in [1.82, 2.24) is 9.97 Å². The van der Waals surface area contributed by atoms with Crippen molar-refractivity contribution in [2.45, 2.75) is 39.5 Å². The minimum absolute atomic E-state index is 0. The van der Waals surface area contributed by atoms with Crippen molar-refractivity contribution in [1.29, 1.82) is 5.26 Å². The van der Waals surface area contributed by atoms with Crippen molar-refractivity contribution >= 4 is 30.7 Å². The van der Waals surface area contributed by atoms with Crippen molar-refractivity contribution < 1.29 is 0 Å². The Morgan fingerprint density at radius 3 is 1.92 bits per heavy atom. The Morgan fingerprint density at radius 2 is 1.54 bits per heavy atom. The molecule has 0 atom stereocenters. The lowest BCUT2D eigenvalue weighted by atomic mass is 9.99. The lowest BCUT2D eigenvalue weighted by Gasteiger charge is -2.09. The van der Waals surface area contributed by atoms with Crippen molar-refractivity contribution in [2.24, 2.45) is 5.73 Å². The van der Waals surface area contributed by atoms with E-state index in [1.807, 2.05) is 12.1 Å². The Balaban J connectivity index is 0.000000425. The molecule has 0 aliphatic carbocycles. The minimum atomic E-state index is 0. The molecule has 0 radical (unpaired) electrons. The summed E-state index contributed by atoms with van der Waals surface area (Å²) in [5.74, 6) is 0.831. The number of nitriles is 1. The monoisotopic (exact) mass is 360 g/mol. The van der Waals surface area contributed by atoms with Crippen LogP contribution >= 0.6 is 25.7 Å². The third-order valence-electron chi connectivity index (χ3n) is 3.34. The molecule has 24 heavy (non-hydrogen) atoms. The normalized spacial score (nSPS) is 9.54. The molecule has 0 aliphatic heterocycles. The fourth-order valence-corrected chi connectivity index (χ4v) is 2.29. The third kappa shape index (κ3) is 6.26. The van der Waals surface area contributed by atoms with Crippen molar-refractivity contribution in [2.75, 3.05) is 0 Å². The third-order valence-corrected chi connectivity index (χ3v) is 3.56. The Bertz CT molecular complexity index is 706. The number of rotatable bonds is 3. The van der Waals surface area contributed by atoms with Gasteiger partial charge in [0.25, 0.3) is 0 Å². The number of aromatic nitrogens is 2. The predicted molar refractivity (Wildman–Crippen MR) is 108 cm³/mol. The molecule has 2 rings (SSSR count). The fraction of sp³-hybridized carbons (Fsp3) is 0.333. The molecule has 0 bridgehead atoms. The maximum atomic E-state index is 8.68. The second kappa shape index (κ2) is 10.7. The first kappa shape index (κ1) is 22.0. The smallest absolute Gasteiger partial charge is 0.105 e. The molecular weight excluding hydrogens is 336 g/mol. The molecule has 0 saturated heterocycles. The zero-order valence-corrected chi connectivity index (χ0v) is 16.3. The van der Waals surface area contributed by atoms with E-state index in [0.717, 1.165) is 16.7 Å². The highest BCUT2D eigenvalue weighted by Crippen LogP contribution is 2.18. The van der Waals surface area contributed by atoms with Crippen LogP contribution in [0.5, 0.6) is 0 Å². The predicted octanol–water partition coefficient (Wildman–Crippen LogP) is 4.03. The van der Waals surface area contributed by atoms with E-state index in [4.69, 9.17) is 23.2 Å². The Kier molecular flexibility index (Phi) is 9.86. The first-order valence-electron chi connectivity index (χ1n) is 7.46. The van der Waals surface area contributed by atoms with E-state index in [2.05, 4.69) is 43.7 Å². The summed E-state index contributed by atoms with van der Waals surface area (Å²) in [4.78, 5) is 8.28. The molecule has 2 aromatic rings. The molecule has 2 heterocycles. The minimum Gasteiger partial charge on any atom is -0.389 e. The lowest BCUT2D eigenvalue weighted by molar-refractivity contribution is 0.858. The van der Waals surface area contributed by atoms with Gasteiger partial charge in [-0.05, 0) is 35.1 Å². The van der Waals surface area contributed by atoms with Gasteiger partial charge in [-0.15, -0.1) is 0 Å². The zero-order chi connectivity index (χ0) is 17.4. The van der Waals surface area contributed by atoms with E-state index >= 15 is 0 Å². The van der Waals surface area contributed by atoms with Gasteiger partial charge in [-0.25, -0.2) is 0 Å². The SMILES string of the molecule is CC(C)c1ccncc1C#N.CC(C)c1ccncc1C(N)=S.S. The lowest BCUT2D eigenvalue weighted by Crippen LogP contribution is -2.13. The van der Waals surface area contributed by atoms with Gasteiger partial charge in [-0.1, -0.05) is 39.9 Å². The van der Waals surface area contributed by atoms with Crippen molar-refractivity contribution in [3.8, 4) is 6.07 Å². The topological polar surface area (TPSA) is 75.6 Å². The molecule has 0 fully saturated rings. The number of hydrogen-bond donors (Lipinski definition) is 1. The van der Waals surface area contributed by atoms with Gasteiger partial charge in [-0.3, -0.25) is 9.97 Å². The van der Waals surface area contributed by atoms with Crippen LogP contribution in [-0.4, -0.2) is 15.0 Å². The average molecular weight is 361 g/mol. The summed E-state index contributed by atoms with van der Waals surface area (Å²) in [7, 11) is 0. The van der Waals surface area contributed by atoms with E-state index < -0.39 is 0 Å². The molecule has 0 amide bonds. The van der Waals surface area contributed by atoms with Gasteiger partial charge in [0.2, 0.25) is 0 Å². The van der Waals surface area contributed by atoms with E-state index in [1.54, 1.807) is 24.8 Å². The molecule has 0 unspecified atom stereocenters. The fourth-order valence-electron chi connectivity index (χ4n) is 2.12. The quantitative estimate of drug-likeness (QED) is 0.836. The second-order valence-corrected chi connectivity index (χ2v) is 6.15. The summed E-state index contributed by atoms with van der Waals surface area (Å²) in [6, 6.07) is 5.96.